The largest absolute Gasteiger partial charge is 0.497 e. The first kappa shape index (κ1) is 18.3. The van der Waals surface area contributed by atoms with Crippen LogP contribution in [0.1, 0.15) is 21.6 Å². The predicted octanol–water partition coefficient (Wildman–Crippen LogP) is 1.74. The van der Waals surface area contributed by atoms with E-state index in [1.165, 1.54) is 14.2 Å². The SMILES string of the molecule is COC(=O)c1cc(CNC(=O)Cc2cc(OC)ccn2)ccc1OC. The zero-order valence-corrected chi connectivity index (χ0v) is 14.4. The number of ether oxygens (including phenoxy) is 3. The summed E-state index contributed by atoms with van der Waals surface area (Å²) < 4.78 is 15.0. The van der Waals surface area contributed by atoms with Crippen molar-refractivity contribution in [2.75, 3.05) is 21.3 Å². The highest BCUT2D eigenvalue weighted by Crippen LogP contribution is 2.20. The molecule has 2 aromatic rings. The van der Waals surface area contributed by atoms with Gasteiger partial charge in [-0.15, -0.1) is 0 Å². The van der Waals surface area contributed by atoms with Crippen LogP contribution < -0.4 is 14.8 Å². The number of carbonyl (C=O) groups excluding carboxylic acids is 2. The summed E-state index contributed by atoms with van der Waals surface area (Å²) in [5.41, 5.74) is 1.68. The number of methoxy groups -OCH3 is 3. The molecule has 2 rings (SSSR count). The third-order valence-corrected chi connectivity index (χ3v) is 3.52. The molecule has 132 valence electrons. The molecule has 25 heavy (non-hydrogen) atoms. The van der Waals surface area contributed by atoms with E-state index in [1.807, 2.05) is 0 Å². The van der Waals surface area contributed by atoms with Gasteiger partial charge in [0, 0.05) is 18.8 Å². The van der Waals surface area contributed by atoms with Gasteiger partial charge in [-0.2, -0.15) is 0 Å². The Morgan fingerprint density at radius 1 is 1.08 bits per heavy atom. The molecule has 0 bridgehead atoms. The molecule has 0 unspecified atom stereocenters. The van der Waals surface area contributed by atoms with E-state index in [0.29, 0.717) is 22.8 Å². The van der Waals surface area contributed by atoms with Crippen molar-refractivity contribution in [3.63, 3.8) is 0 Å². The first-order valence-electron chi connectivity index (χ1n) is 7.58. The van der Waals surface area contributed by atoms with Crippen molar-refractivity contribution < 1.29 is 23.8 Å². The molecule has 1 amide bonds. The minimum Gasteiger partial charge on any atom is -0.497 e. The van der Waals surface area contributed by atoms with Crippen LogP contribution in [0, 0.1) is 0 Å². The van der Waals surface area contributed by atoms with Crippen LogP contribution in [0.3, 0.4) is 0 Å². The number of esters is 1. The number of benzene rings is 1. The second-order valence-corrected chi connectivity index (χ2v) is 5.17. The van der Waals surface area contributed by atoms with Gasteiger partial charge in [0.2, 0.25) is 5.91 Å². The summed E-state index contributed by atoms with van der Waals surface area (Å²) in [5.74, 6) is 0.389. The van der Waals surface area contributed by atoms with Crippen molar-refractivity contribution in [3.8, 4) is 11.5 Å². The first-order chi connectivity index (χ1) is 12.1. The topological polar surface area (TPSA) is 86.8 Å². The Hall–Kier alpha value is -3.09. The minimum atomic E-state index is -0.495. The third kappa shape index (κ3) is 4.94. The Balaban J connectivity index is 2.00. The quantitative estimate of drug-likeness (QED) is 0.770. The molecule has 0 fully saturated rings. The van der Waals surface area contributed by atoms with Crippen LogP contribution in [-0.2, 0) is 22.5 Å². The van der Waals surface area contributed by atoms with Gasteiger partial charge in [0.1, 0.15) is 17.1 Å². The maximum absolute atomic E-state index is 12.1. The van der Waals surface area contributed by atoms with Crippen molar-refractivity contribution in [1.82, 2.24) is 10.3 Å². The minimum absolute atomic E-state index is 0.136. The lowest BCUT2D eigenvalue weighted by Crippen LogP contribution is -2.25. The summed E-state index contributed by atoms with van der Waals surface area (Å²) in [6, 6.07) is 8.50. The van der Waals surface area contributed by atoms with Crippen molar-refractivity contribution >= 4 is 11.9 Å². The van der Waals surface area contributed by atoms with E-state index in [1.54, 1.807) is 43.6 Å². The average molecular weight is 344 g/mol. The van der Waals surface area contributed by atoms with Gasteiger partial charge in [-0.3, -0.25) is 9.78 Å². The van der Waals surface area contributed by atoms with Crippen LogP contribution in [-0.4, -0.2) is 38.2 Å². The van der Waals surface area contributed by atoms with E-state index < -0.39 is 5.97 Å². The highest BCUT2D eigenvalue weighted by atomic mass is 16.5. The maximum atomic E-state index is 12.1. The molecule has 0 aliphatic rings. The molecular weight excluding hydrogens is 324 g/mol. The first-order valence-corrected chi connectivity index (χ1v) is 7.58. The normalized spacial score (nSPS) is 10.0. The number of hydrogen-bond donors (Lipinski definition) is 1. The number of aromatic nitrogens is 1. The number of nitrogens with one attached hydrogen (secondary N) is 1. The second kappa shape index (κ2) is 8.68. The molecule has 0 spiro atoms. The summed E-state index contributed by atoms with van der Waals surface area (Å²) in [6.07, 6.45) is 1.73. The van der Waals surface area contributed by atoms with Crippen LogP contribution in [0.25, 0.3) is 0 Å². The van der Waals surface area contributed by atoms with Crippen LogP contribution in [0.5, 0.6) is 11.5 Å². The van der Waals surface area contributed by atoms with Gasteiger partial charge in [0.05, 0.1) is 33.4 Å². The fraction of sp³-hybridized carbons (Fsp3) is 0.278. The number of rotatable bonds is 7. The van der Waals surface area contributed by atoms with Crippen LogP contribution >= 0.6 is 0 Å². The number of amides is 1. The fourth-order valence-corrected chi connectivity index (χ4v) is 2.24. The van der Waals surface area contributed by atoms with Gasteiger partial charge in [-0.1, -0.05) is 6.07 Å². The average Bonchev–Trinajstić information content (AvgIpc) is 2.65. The van der Waals surface area contributed by atoms with Crippen molar-refractivity contribution in [3.05, 3.63) is 53.3 Å². The lowest BCUT2D eigenvalue weighted by Gasteiger charge is -2.10. The molecule has 0 saturated carbocycles. The molecular formula is C18H20N2O5. The molecule has 7 nitrogen and oxygen atoms in total. The van der Waals surface area contributed by atoms with Gasteiger partial charge in [0.15, 0.2) is 0 Å². The van der Waals surface area contributed by atoms with Gasteiger partial charge < -0.3 is 19.5 Å². The Kier molecular flexibility index (Phi) is 6.33. The molecule has 0 saturated heterocycles. The van der Waals surface area contributed by atoms with Gasteiger partial charge in [-0.05, 0) is 23.8 Å². The van der Waals surface area contributed by atoms with Gasteiger partial charge in [0.25, 0.3) is 0 Å². The molecule has 1 heterocycles. The summed E-state index contributed by atoms with van der Waals surface area (Å²) in [6.45, 7) is 0.275. The van der Waals surface area contributed by atoms with E-state index in [-0.39, 0.29) is 18.9 Å². The van der Waals surface area contributed by atoms with Crippen LogP contribution in [0.15, 0.2) is 36.5 Å². The molecule has 0 atom stereocenters. The fourth-order valence-electron chi connectivity index (χ4n) is 2.24. The van der Waals surface area contributed by atoms with E-state index in [4.69, 9.17) is 14.2 Å². The molecule has 7 heteroatoms. The molecule has 0 radical (unpaired) electrons. The van der Waals surface area contributed by atoms with E-state index in [2.05, 4.69) is 10.3 Å². The smallest absolute Gasteiger partial charge is 0.341 e. The molecule has 1 aromatic heterocycles. The lowest BCUT2D eigenvalue weighted by molar-refractivity contribution is -0.120. The molecule has 0 aliphatic carbocycles. The second-order valence-electron chi connectivity index (χ2n) is 5.17. The highest BCUT2D eigenvalue weighted by Gasteiger charge is 2.14. The summed E-state index contributed by atoms with van der Waals surface area (Å²) in [7, 11) is 4.34. The summed E-state index contributed by atoms with van der Waals surface area (Å²) in [4.78, 5) is 28.0. The Morgan fingerprint density at radius 2 is 1.88 bits per heavy atom. The highest BCUT2D eigenvalue weighted by molar-refractivity contribution is 5.92. The monoisotopic (exact) mass is 344 g/mol. The zero-order valence-electron chi connectivity index (χ0n) is 14.4. The lowest BCUT2D eigenvalue weighted by atomic mass is 10.1. The van der Waals surface area contributed by atoms with E-state index in [0.717, 1.165) is 5.56 Å². The summed E-state index contributed by atoms with van der Waals surface area (Å²) >= 11 is 0. The molecule has 1 aromatic carbocycles. The van der Waals surface area contributed by atoms with E-state index in [9.17, 15) is 9.59 Å². The zero-order chi connectivity index (χ0) is 18.2. The van der Waals surface area contributed by atoms with E-state index >= 15 is 0 Å². The van der Waals surface area contributed by atoms with Crippen molar-refractivity contribution in [2.45, 2.75) is 13.0 Å². The Labute approximate surface area is 145 Å². The molecule has 0 aliphatic heterocycles. The molecule has 1 N–H and O–H groups in total. The maximum Gasteiger partial charge on any atom is 0.341 e. The van der Waals surface area contributed by atoms with Gasteiger partial charge in [-0.25, -0.2) is 4.79 Å². The number of nitrogens with zero attached hydrogens (tertiary/aromatic N) is 1. The van der Waals surface area contributed by atoms with Crippen LogP contribution in [0.2, 0.25) is 0 Å². The van der Waals surface area contributed by atoms with Gasteiger partial charge >= 0.3 is 5.97 Å². The third-order valence-electron chi connectivity index (χ3n) is 3.52. The summed E-state index contributed by atoms with van der Waals surface area (Å²) in [5, 5.41) is 2.79. The number of pyridine rings is 1. The van der Waals surface area contributed by atoms with Crippen molar-refractivity contribution in [1.29, 1.82) is 0 Å². The predicted molar refractivity (Wildman–Crippen MR) is 90.7 cm³/mol. The standard InChI is InChI=1S/C18H20N2O5/c1-23-14-6-7-19-13(9-14)10-17(21)20-11-12-4-5-16(24-2)15(8-12)18(22)25-3/h4-9H,10-11H2,1-3H3,(H,20,21). The Bertz CT molecular complexity index is 761. The number of hydrogen-bond acceptors (Lipinski definition) is 6. The van der Waals surface area contributed by atoms with Crippen LogP contribution in [0.4, 0.5) is 0 Å². The number of carbonyl (C=O) groups is 2. The Morgan fingerprint density at radius 3 is 2.56 bits per heavy atom. The van der Waals surface area contributed by atoms with Crippen molar-refractivity contribution in [2.24, 2.45) is 0 Å².